The molecular weight excluding hydrogens is 226 g/mol. The van der Waals surface area contributed by atoms with Crippen molar-refractivity contribution in [1.82, 2.24) is 4.31 Å². The monoisotopic (exact) mass is 247 g/mol. The molecule has 0 aliphatic carbocycles. The lowest BCUT2D eigenvalue weighted by Gasteiger charge is -2.26. The van der Waals surface area contributed by atoms with Crippen molar-refractivity contribution in [2.45, 2.75) is 26.0 Å². The first-order chi connectivity index (χ1) is 8.25. The summed E-state index contributed by atoms with van der Waals surface area (Å²) in [6, 6.07) is 10.7. The van der Waals surface area contributed by atoms with Crippen LogP contribution in [0, 0.1) is 5.92 Å². The Bertz CT molecular complexity index is 370. The average Bonchev–Trinajstić information content (AvgIpc) is 2.38. The molecule has 1 heterocycles. The Kier molecular flexibility index (Phi) is 4.69. The zero-order valence-corrected chi connectivity index (χ0v) is 11.5. The zero-order valence-electron chi connectivity index (χ0n) is 10.7. The van der Waals surface area contributed by atoms with Crippen molar-refractivity contribution >= 4 is 11.9 Å². The van der Waals surface area contributed by atoms with Gasteiger partial charge in [0.25, 0.3) is 0 Å². The van der Waals surface area contributed by atoms with Crippen LogP contribution in [0.2, 0.25) is 0 Å². The molecule has 0 atom stereocenters. The maximum atomic E-state index is 2.47. The summed E-state index contributed by atoms with van der Waals surface area (Å²) in [7, 11) is 0. The summed E-state index contributed by atoms with van der Waals surface area (Å²) >= 11 is 1.95. The van der Waals surface area contributed by atoms with E-state index >= 15 is 0 Å². The van der Waals surface area contributed by atoms with Crippen LogP contribution in [-0.2, 0) is 5.75 Å². The molecule has 1 aliphatic rings. The van der Waals surface area contributed by atoms with Gasteiger partial charge < -0.3 is 0 Å². The van der Waals surface area contributed by atoms with Crippen LogP contribution in [0.25, 0.3) is 0 Å². The van der Waals surface area contributed by atoms with Gasteiger partial charge in [-0.25, -0.2) is 4.31 Å². The van der Waals surface area contributed by atoms with Gasteiger partial charge in [-0.1, -0.05) is 67.8 Å². The first-order valence-corrected chi connectivity index (χ1v) is 7.30. The minimum atomic E-state index is 0.719. The molecule has 2 rings (SSSR count). The van der Waals surface area contributed by atoms with Crippen LogP contribution in [0.4, 0.5) is 0 Å². The summed E-state index contributed by atoms with van der Waals surface area (Å²) in [5.74, 6) is 1.81. The van der Waals surface area contributed by atoms with Gasteiger partial charge in [0.15, 0.2) is 0 Å². The lowest BCUT2D eigenvalue weighted by molar-refractivity contribution is 0.478. The van der Waals surface area contributed by atoms with Gasteiger partial charge in [0, 0.05) is 18.8 Å². The predicted octanol–water partition coefficient (Wildman–Crippen LogP) is 4.12. The Morgan fingerprint density at radius 1 is 1.24 bits per heavy atom. The van der Waals surface area contributed by atoms with Crippen LogP contribution in [0.3, 0.4) is 0 Å². The van der Waals surface area contributed by atoms with Crippen molar-refractivity contribution in [1.29, 1.82) is 0 Å². The molecule has 1 aliphatic heterocycles. The van der Waals surface area contributed by atoms with E-state index < -0.39 is 0 Å². The van der Waals surface area contributed by atoms with Crippen molar-refractivity contribution < 1.29 is 0 Å². The number of benzene rings is 1. The lowest BCUT2D eigenvalue weighted by atomic mass is 9.98. The SMILES string of the molecule is CC(C)C1=CCN(SCc2ccccc2)CC1. The fourth-order valence-electron chi connectivity index (χ4n) is 2.05. The highest BCUT2D eigenvalue weighted by atomic mass is 32.2. The van der Waals surface area contributed by atoms with E-state index in [1.807, 2.05) is 11.9 Å². The summed E-state index contributed by atoms with van der Waals surface area (Å²) in [4.78, 5) is 0. The van der Waals surface area contributed by atoms with Gasteiger partial charge in [0.1, 0.15) is 0 Å². The fraction of sp³-hybridized carbons (Fsp3) is 0.467. The summed E-state index contributed by atoms with van der Waals surface area (Å²) in [6.07, 6.45) is 3.64. The molecule has 0 saturated heterocycles. The highest BCUT2D eigenvalue weighted by Crippen LogP contribution is 2.24. The normalized spacial score (nSPS) is 17.2. The van der Waals surface area contributed by atoms with Gasteiger partial charge in [-0.05, 0) is 17.9 Å². The van der Waals surface area contributed by atoms with Crippen LogP contribution in [0.5, 0.6) is 0 Å². The van der Waals surface area contributed by atoms with E-state index in [0.29, 0.717) is 0 Å². The third-order valence-electron chi connectivity index (χ3n) is 3.21. The van der Waals surface area contributed by atoms with E-state index in [1.165, 1.54) is 18.5 Å². The van der Waals surface area contributed by atoms with E-state index in [9.17, 15) is 0 Å². The van der Waals surface area contributed by atoms with Crippen LogP contribution >= 0.6 is 11.9 Å². The van der Waals surface area contributed by atoms with Gasteiger partial charge in [0.05, 0.1) is 0 Å². The average molecular weight is 247 g/mol. The van der Waals surface area contributed by atoms with E-state index in [4.69, 9.17) is 0 Å². The number of hydrogen-bond acceptors (Lipinski definition) is 2. The Labute approximate surface area is 109 Å². The topological polar surface area (TPSA) is 3.24 Å². The molecule has 1 aromatic rings. The summed E-state index contributed by atoms with van der Waals surface area (Å²) < 4.78 is 2.47. The number of rotatable bonds is 4. The molecule has 0 aromatic heterocycles. The second-order valence-corrected chi connectivity index (χ2v) is 5.89. The molecule has 0 unspecified atom stereocenters. The van der Waals surface area contributed by atoms with Gasteiger partial charge in [-0.3, -0.25) is 0 Å². The molecule has 92 valence electrons. The number of hydrogen-bond donors (Lipinski definition) is 0. The van der Waals surface area contributed by atoms with Crippen molar-refractivity contribution in [3.05, 3.63) is 47.5 Å². The van der Waals surface area contributed by atoms with Crippen LogP contribution in [-0.4, -0.2) is 17.4 Å². The molecule has 1 aromatic carbocycles. The number of nitrogens with zero attached hydrogens (tertiary/aromatic N) is 1. The quantitative estimate of drug-likeness (QED) is 0.581. The highest BCUT2D eigenvalue weighted by molar-refractivity contribution is 7.96. The Hall–Kier alpha value is -0.730. The Morgan fingerprint density at radius 2 is 2.00 bits per heavy atom. The summed E-state index contributed by atoms with van der Waals surface area (Å²) in [5.41, 5.74) is 3.04. The van der Waals surface area contributed by atoms with Gasteiger partial charge in [-0.15, -0.1) is 0 Å². The lowest BCUT2D eigenvalue weighted by Crippen LogP contribution is -2.23. The maximum absolute atomic E-state index is 2.47. The molecule has 2 heteroatoms. The largest absolute Gasteiger partial charge is 0.246 e. The van der Waals surface area contributed by atoms with Gasteiger partial charge in [-0.2, -0.15) is 0 Å². The molecule has 0 amide bonds. The molecule has 0 spiro atoms. The van der Waals surface area contributed by atoms with Crippen molar-refractivity contribution in [3.8, 4) is 0 Å². The van der Waals surface area contributed by atoms with Crippen molar-refractivity contribution in [2.24, 2.45) is 5.92 Å². The molecule has 0 radical (unpaired) electrons. The smallest absolute Gasteiger partial charge is 0.0332 e. The Balaban J connectivity index is 1.79. The van der Waals surface area contributed by atoms with Crippen molar-refractivity contribution in [3.63, 3.8) is 0 Å². The summed E-state index contributed by atoms with van der Waals surface area (Å²) in [6.45, 7) is 6.88. The Morgan fingerprint density at radius 3 is 2.59 bits per heavy atom. The second-order valence-electron chi connectivity index (χ2n) is 4.83. The molecular formula is C15H21NS. The van der Waals surface area contributed by atoms with E-state index in [1.54, 1.807) is 5.57 Å². The molecule has 17 heavy (non-hydrogen) atoms. The molecule has 0 saturated carbocycles. The minimum Gasteiger partial charge on any atom is -0.246 e. The van der Waals surface area contributed by atoms with Gasteiger partial charge >= 0.3 is 0 Å². The fourth-order valence-corrected chi connectivity index (χ4v) is 2.97. The summed E-state index contributed by atoms with van der Waals surface area (Å²) in [5, 5.41) is 0. The highest BCUT2D eigenvalue weighted by Gasteiger charge is 2.13. The van der Waals surface area contributed by atoms with Crippen LogP contribution < -0.4 is 0 Å². The van der Waals surface area contributed by atoms with E-state index in [2.05, 4.69) is 54.6 Å². The maximum Gasteiger partial charge on any atom is 0.0332 e. The molecule has 0 fully saturated rings. The van der Waals surface area contributed by atoms with Crippen LogP contribution in [0.15, 0.2) is 42.0 Å². The first kappa shape index (κ1) is 12.7. The minimum absolute atomic E-state index is 0.719. The van der Waals surface area contributed by atoms with E-state index in [0.717, 1.165) is 18.2 Å². The van der Waals surface area contributed by atoms with Crippen LogP contribution in [0.1, 0.15) is 25.8 Å². The molecule has 1 nitrogen and oxygen atoms in total. The third-order valence-corrected chi connectivity index (χ3v) is 4.36. The predicted molar refractivity (Wildman–Crippen MR) is 76.8 cm³/mol. The third kappa shape index (κ3) is 3.90. The second kappa shape index (κ2) is 6.27. The molecule has 0 bridgehead atoms. The first-order valence-electron chi connectivity index (χ1n) is 6.36. The van der Waals surface area contributed by atoms with E-state index in [-0.39, 0.29) is 0 Å². The molecule has 0 N–H and O–H groups in total. The van der Waals surface area contributed by atoms with Crippen molar-refractivity contribution in [2.75, 3.05) is 13.1 Å². The standard InChI is InChI=1S/C15H21NS/c1-13(2)15-8-10-16(11-9-15)17-12-14-6-4-3-5-7-14/h3-8,13H,9-12H2,1-2H3. The zero-order chi connectivity index (χ0) is 12.1. The van der Waals surface area contributed by atoms with Gasteiger partial charge in [0.2, 0.25) is 0 Å².